The van der Waals surface area contributed by atoms with Crippen LogP contribution in [0.15, 0.2) is 18.2 Å². The molecule has 19 heavy (non-hydrogen) atoms. The van der Waals surface area contributed by atoms with Crippen LogP contribution in [-0.2, 0) is 0 Å². The minimum atomic E-state index is -0.221. The molecule has 1 aromatic rings. The molecule has 1 aliphatic rings. The van der Waals surface area contributed by atoms with Crippen molar-refractivity contribution in [3.63, 3.8) is 0 Å². The largest absolute Gasteiger partial charge is 0.489 e. The number of nitrogens with two attached hydrogens (primary N) is 1. The highest BCUT2D eigenvalue weighted by molar-refractivity contribution is 5.32. The van der Waals surface area contributed by atoms with E-state index in [-0.39, 0.29) is 18.0 Å². The summed E-state index contributed by atoms with van der Waals surface area (Å²) in [6.07, 6.45) is 5.77. The second kappa shape index (κ2) is 6.38. The fraction of sp³-hybridized carbons (Fsp3) is 0.625. The lowest BCUT2D eigenvalue weighted by molar-refractivity contribution is 0.0985. The average molecular weight is 265 g/mol. The number of hydrogen-bond acceptors (Lipinski definition) is 2. The molecule has 1 saturated carbocycles. The van der Waals surface area contributed by atoms with Gasteiger partial charge in [0.25, 0.3) is 0 Å². The number of ether oxygens (including phenoxy) is 1. The van der Waals surface area contributed by atoms with Crippen LogP contribution in [0, 0.1) is 18.7 Å². The van der Waals surface area contributed by atoms with E-state index >= 15 is 0 Å². The van der Waals surface area contributed by atoms with Gasteiger partial charge < -0.3 is 10.5 Å². The van der Waals surface area contributed by atoms with Crippen LogP contribution in [0.4, 0.5) is 4.39 Å². The summed E-state index contributed by atoms with van der Waals surface area (Å²) in [6, 6.07) is 4.76. The summed E-state index contributed by atoms with van der Waals surface area (Å²) in [5.74, 6) is 1.26. The molecular weight excluding hydrogens is 241 g/mol. The summed E-state index contributed by atoms with van der Waals surface area (Å²) in [5, 5.41) is 0. The van der Waals surface area contributed by atoms with Crippen molar-refractivity contribution >= 4 is 0 Å². The van der Waals surface area contributed by atoms with Crippen molar-refractivity contribution in [1.82, 2.24) is 0 Å². The Hall–Kier alpha value is -1.09. The van der Waals surface area contributed by atoms with Gasteiger partial charge >= 0.3 is 0 Å². The summed E-state index contributed by atoms with van der Waals surface area (Å²) in [7, 11) is 0. The fourth-order valence-corrected chi connectivity index (χ4v) is 2.95. The van der Waals surface area contributed by atoms with E-state index < -0.39 is 0 Å². The van der Waals surface area contributed by atoms with Crippen LogP contribution >= 0.6 is 0 Å². The number of rotatable bonds is 4. The van der Waals surface area contributed by atoms with Gasteiger partial charge in [-0.25, -0.2) is 4.39 Å². The lowest BCUT2D eigenvalue weighted by atomic mass is 9.82. The van der Waals surface area contributed by atoms with Crippen molar-refractivity contribution in [3.8, 4) is 5.75 Å². The van der Waals surface area contributed by atoms with Gasteiger partial charge in [0.15, 0.2) is 0 Å². The molecule has 3 atom stereocenters. The highest BCUT2D eigenvalue weighted by Crippen LogP contribution is 2.31. The molecule has 0 bridgehead atoms. The molecule has 2 N–H and O–H groups in total. The van der Waals surface area contributed by atoms with Gasteiger partial charge in [0, 0.05) is 6.04 Å². The number of halogens is 1. The standard InChI is InChI=1S/C16H24FNO/c1-3-4-12-5-7-14(18)16(10-12)19-15-8-6-13(17)9-11(15)2/h6,8-9,12,14,16H,3-5,7,10,18H2,1-2H3. The number of hydrogen-bond donors (Lipinski definition) is 1. The minimum absolute atomic E-state index is 0.0643. The van der Waals surface area contributed by atoms with Crippen molar-refractivity contribution in [3.05, 3.63) is 29.6 Å². The molecular formula is C16H24FNO. The molecule has 0 spiro atoms. The van der Waals surface area contributed by atoms with Crippen molar-refractivity contribution in [2.75, 3.05) is 0 Å². The van der Waals surface area contributed by atoms with E-state index in [1.54, 1.807) is 6.07 Å². The molecule has 0 radical (unpaired) electrons. The van der Waals surface area contributed by atoms with E-state index in [1.165, 1.54) is 31.4 Å². The van der Waals surface area contributed by atoms with Crippen LogP contribution in [-0.4, -0.2) is 12.1 Å². The van der Waals surface area contributed by atoms with Gasteiger partial charge in [-0.15, -0.1) is 0 Å². The predicted molar refractivity (Wildman–Crippen MR) is 75.8 cm³/mol. The van der Waals surface area contributed by atoms with Crippen molar-refractivity contribution in [2.45, 2.75) is 58.1 Å². The molecule has 3 unspecified atom stereocenters. The molecule has 0 aromatic heterocycles. The first-order valence-corrected chi connectivity index (χ1v) is 7.28. The Kier molecular flexibility index (Phi) is 4.81. The van der Waals surface area contributed by atoms with Crippen molar-refractivity contribution in [1.29, 1.82) is 0 Å². The Morgan fingerprint density at radius 1 is 1.37 bits per heavy atom. The first kappa shape index (κ1) is 14.3. The van der Waals surface area contributed by atoms with Gasteiger partial charge in [0.1, 0.15) is 17.7 Å². The third-order valence-electron chi connectivity index (χ3n) is 4.06. The minimum Gasteiger partial charge on any atom is -0.489 e. The first-order chi connectivity index (χ1) is 9.10. The molecule has 1 aromatic carbocycles. The Balaban J connectivity index is 2.03. The van der Waals surface area contributed by atoms with Gasteiger partial charge in [-0.05, 0) is 55.9 Å². The smallest absolute Gasteiger partial charge is 0.123 e. The second-order valence-electron chi connectivity index (χ2n) is 5.70. The zero-order valence-corrected chi connectivity index (χ0v) is 11.9. The Bertz CT molecular complexity index is 421. The summed E-state index contributed by atoms with van der Waals surface area (Å²) in [5.41, 5.74) is 7.00. The van der Waals surface area contributed by atoms with E-state index in [0.717, 1.165) is 30.1 Å². The first-order valence-electron chi connectivity index (χ1n) is 7.28. The normalized spacial score (nSPS) is 27.3. The maximum atomic E-state index is 13.1. The Labute approximate surface area is 115 Å². The van der Waals surface area contributed by atoms with Crippen LogP contribution in [0.2, 0.25) is 0 Å². The summed E-state index contributed by atoms with van der Waals surface area (Å²) >= 11 is 0. The number of aryl methyl sites for hydroxylation is 1. The van der Waals surface area contributed by atoms with E-state index in [1.807, 2.05) is 6.92 Å². The quantitative estimate of drug-likeness (QED) is 0.898. The third-order valence-corrected chi connectivity index (χ3v) is 4.06. The molecule has 2 rings (SSSR count). The van der Waals surface area contributed by atoms with Gasteiger partial charge in [0.05, 0.1) is 0 Å². The van der Waals surface area contributed by atoms with Gasteiger partial charge in [-0.2, -0.15) is 0 Å². The van der Waals surface area contributed by atoms with Crippen LogP contribution < -0.4 is 10.5 Å². The van der Waals surface area contributed by atoms with Gasteiger partial charge in [-0.1, -0.05) is 19.8 Å². The highest BCUT2D eigenvalue weighted by atomic mass is 19.1. The maximum absolute atomic E-state index is 13.1. The van der Waals surface area contributed by atoms with Gasteiger partial charge in [-0.3, -0.25) is 0 Å². The second-order valence-corrected chi connectivity index (χ2v) is 5.70. The van der Waals surface area contributed by atoms with Crippen LogP contribution in [0.3, 0.4) is 0 Å². The van der Waals surface area contributed by atoms with Gasteiger partial charge in [0.2, 0.25) is 0 Å². The van der Waals surface area contributed by atoms with E-state index in [2.05, 4.69) is 6.92 Å². The van der Waals surface area contributed by atoms with Crippen molar-refractivity contribution in [2.24, 2.45) is 11.7 Å². The molecule has 3 heteroatoms. The van der Waals surface area contributed by atoms with Crippen LogP contribution in [0.1, 0.15) is 44.6 Å². The molecule has 1 fully saturated rings. The SMILES string of the molecule is CCCC1CCC(N)C(Oc2ccc(F)cc2C)C1. The molecule has 0 heterocycles. The zero-order valence-electron chi connectivity index (χ0n) is 11.9. The predicted octanol–water partition coefficient (Wildman–Crippen LogP) is 3.81. The Morgan fingerprint density at radius 2 is 2.16 bits per heavy atom. The average Bonchev–Trinajstić information content (AvgIpc) is 2.37. The maximum Gasteiger partial charge on any atom is 0.123 e. The molecule has 1 aliphatic carbocycles. The summed E-state index contributed by atoms with van der Waals surface area (Å²) in [6.45, 7) is 4.09. The highest BCUT2D eigenvalue weighted by Gasteiger charge is 2.29. The monoisotopic (exact) mass is 265 g/mol. The van der Waals surface area contributed by atoms with Crippen LogP contribution in [0.5, 0.6) is 5.75 Å². The van der Waals surface area contributed by atoms with E-state index in [4.69, 9.17) is 10.5 Å². The third kappa shape index (κ3) is 3.69. The Morgan fingerprint density at radius 3 is 2.84 bits per heavy atom. The van der Waals surface area contributed by atoms with E-state index in [9.17, 15) is 4.39 Å². The summed E-state index contributed by atoms with van der Waals surface area (Å²) in [4.78, 5) is 0. The molecule has 0 saturated heterocycles. The molecule has 0 aliphatic heterocycles. The van der Waals surface area contributed by atoms with E-state index in [0.29, 0.717) is 0 Å². The molecule has 0 amide bonds. The lowest BCUT2D eigenvalue weighted by Crippen LogP contribution is -2.44. The zero-order chi connectivity index (χ0) is 13.8. The number of benzene rings is 1. The lowest BCUT2D eigenvalue weighted by Gasteiger charge is -2.34. The fourth-order valence-electron chi connectivity index (χ4n) is 2.95. The topological polar surface area (TPSA) is 35.2 Å². The molecule has 106 valence electrons. The summed E-state index contributed by atoms with van der Waals surface area (Å²) < 4.78 is 19.1. The molecule has 2 nitrogen and oxygen atoms in total. The van der Waals surface area contributed by atoms with Crippen LogP contribution in [0.25, 0.3) is 0 Å². The van der Waals surface area contributed by atoms with Crippen molar-refractivity contribution < 1.29 is 9.13 Å².